The molecule has 1 heterocycles. The smallest absolute Gasteiger partial charge is 0.253 e. The lowest BCUT2D eigenvalue weighted by Gasteiger charge is -2.09. The standard InChI is InChI=1S/C18H20FN3O2/c1-24-11-14-3-2-12(8-16(14)19)9-20-17-7-4-13(10-21-17)18(23)22-15-5-6-15/h2-4,7-8,10,15H,5-6,9,11H2,1H3,(H,20,21)(H,22,23). The molecular weight excluding hydrogens is 309 g/mol. The largest absolute Gasteiger partial charge is 0.380 e. The Kier molecular flexibility index (Phi) is 5.05. The summed E-state index contributed by atoms with van der Waals surface area (Å²) >= 11 is 0. The van der Waals surface area contributed by atoms with Crippen LogP contribution in [-0.4, -0.2) is 24.0 Å². The van der Waals surface area contributed by atoms with Gasteiger partial charge in [-0.15, -0.1) is 0 Å². The van der Waals surface area contributed by atoms with Crippen LogP contribution in [0.25, 0.3) is 0 Å². The molecule has 1 aromatic carbocycles. The van der Waals surface area contributed by atoms with Crippen LogP contribution < -0.4 is 10.6 Å². The van der Waals surface area contributed by atoms with Crippen molar-refractivity contribution in [3.63, 3.8) is 0 Å². The number of nitrogens with zero attached hydrogens (tertiary/aromatic N) is 1. The Morgan fingerprint density at radius 2 is 2.17 bits per heavy atom. The molecule has 1 amide bonds. The van der Waals surface area contributed by atoms with E-state index in [1.165, 1.54) is 13.2 Å². The van der Waals surface area contributed by atoms with Gasteiger partial charge in [-0.1, -0.05) is 12.1 Å². The van der Waals surface area contributed by atoms with E-state index < -0.39 is 0 Å². The predicted molar refractivity (Wildman–Crippen MR) is 89.2 cm³/mol. The fourth-order valence-corrected chi connectivity index (χ4v) is 2.30. The molecule has 1 saturated carbocycles. The third kappa shape index (κ3) is 4.29. The van der Waals surface area contributed by atoms with E-state index in [2.05, 4.69) is 15.6 Å². The Balaban J connectivity index is 1.56. The number of anilines is 1. The predicted octanol–water partition coefficient (Wildman–Crippen LogP) is 2.87. The number of benzene rings is 1. The second kappa shape index (κ2) is 7.40. The van der Waals surface area contributed by atoms with Gasteiger partial charge in [0.15, 0.2) is 0 Å². The van der Waals surface area contributed by atoms with Crippen molar-refractivity contribution in [3.8, 4) is 0 Å². The molecule has 24 heavy (non-hydrogen) atoms. The quantitative estimate of drug-likeness (QED) is 0.820. The van der Waals surface area contributed by atoms with E-state index in [4.69, 9.17) is 4.74 Å². The lowest BCUT2D eigenvalue weighted by atomic mass is 10.1. The van der Waals surface area contributed by atoms with Gasteiger partial charge >= 0.3 is 0 Å². The Bertz CT molecular complexity index is 715. The fourth-order valence-electron chi connectivity index (χ4n) is 2.30. The molecule has 3 rings (SSSR count). The third-order valence-electron chi connectivity index (χ3n) is 3.83. The van der Waals surface area contributed by atoms with Crippen molar-refractivity contribution in [1.82, 2.24) is 10.3 Å². The van der Waals surface area contributed by atoms with E-state index in [0.29, 0.717) is 29.5 Å². The van der Waals surface area contributed by atoms with E-state index >= 15 is 0 Å². The molecule has 0 bridgehead atoms. The van der Waals surface area contributed by atoms with Crippen molar-refractivity contribution in [2.75, 3.05) is 12.4 Å². The molecule has 0 saturated heterocycles. The molecule has 5 nitrogen and oxygen atoms in total. The molecule has 126 valence electrons. The topological polar surface area (TPSA) is 63.2 Å². The van der Waals surface area contributed by atoms with Gasteiger partial charge in [0, 0.05) is 31.5 Å². The Labute approximate surface area is 140 Å². The number of hydrogen-bond donors (Lipinski definition) is 2. The van der Waals surface area contributed by atoms with Gasteiger partial charge in [0.1, 0.15) is 11.6 Å². The van der Waals surface area contributed by atoms with Crippen LogP contribution in [0.4, 0.5) is 10.2 Å². The van der Waals surface area contributed by atoms with E-state index in [1.807, 2.05) is 6.07 Å². The van der Waals surface area contributed by atoms with Crippen molar-refractivity contribution in [1.29, 1.82) is 0 Å². The van der Waals surface area contributed by atoms with Gasteiger partial charge in [0.05, 0.1) is 12.2 Å². The SMILES string of the molecule is COCc1ccc(CNc2ccc(C(=O)NC3CC3)cn2)cc1F. The zero-order valence-electron chi connectivity index (χ0n) is 13.5. The summed E-state index contributed by atoms with van der Waals surface area (Å²) in [5.41, 5.74) is 1.89. The monoisotopic (exact) mass is 329 g/mol. The van der Waals surface area contributed by atoms with Crippen molar-refractivity contribution >= 4 is 11.7 Å². The summed E-state index contributed by atoms with van der Waals surface area (Å²) in [5.74, 6) is 0.267. The van der Waals surface area contributed by atoms with Gasteiger partial charge in [-0.2, -0.15) is 0 Å². The van der Waals surface area contributed by atoms with Gasteiger partial charge in [0.25, 0.3) is 5.91 Å². The molecule has 2 N–H and O–H groups in total. The number of methoxy groups -OCH3 is 1. The number of amides is 1. The van der Waals surface area contributed by atoms with Crippen LogP contribution in [0.15, 0.2) is 36.5 Å². The second-order valence-corrected chi connectivity index (χ2v) is 5.89. The van der Waals surface area contributed by atoms with Crippen LogP contribution in [-0.2, 0) is 17.9 Å². The molecule has 1 aliphatic carbocycles. The van der Waals surface area contributed by atoms with Crippen molar-refractivity contribution in [2.45, 2.75) is 32.0 Å². The number of rotatable bonds is 7. The summed E-state index contributed by atoms with van der Waals surface area (Å²) in [5, 5.41) is 6.04. The summed E-state index contributed by atoms with van der Waals surface area (Å²) < 4.78 is 18.8. The molecular formula is C18H20FN3O2. The Morgan fingerprint density at radius 1 is 1.33 bits per heavy atom. The van der Waals surface area contributed by atoms with Gasteiger partial charge < -0.3 is 15.4 Å². The Hall–Kier alpha value is -2.47. The van der Waals surface area contributed by atoms with Crippen molar-refractivity contribution in [3.05, 3.63) is 59.0 Å². The van der Waals surface area contributed by atoms with Crippen molar-refractivity contribution in [2.24, 2.45) is 0 Å². The minimum Gasteiger partial charge on any atom is -0.380 e. The highest BCUT2D eigenvalue weighted by molar-refractivity contribution is 5.94. The lowest BCUT2D eigenvalue weighted by Crippen LogP contribution is -2.25. The van der Waals surface area contributed by atoms with E-state index in [0.717, 1.165) is 18.4 Å². The first-order valence-corrected chi connectivity index (χ1v) is 7.93. The van der Waals surface area contributed by atoms with Gasteiger partial charge in [-0.05, 0) is 36.6 Å². The van der Waals surface area contributed by atoms with Crippen LogP contribution >= 0.6 is 0 Å². The highest BCUT2D eigenvalue weighted by Gasteiger charge is 2.23. The zero-order chi connectivity index (χ0) is 16.9. The molecule has 0 radical (unpaired) electrons. The van der Waals surface area contributed by atoms with Crippen molar-refractivity contribution < 1.29 is 13.9 Å². The molecule has 0 atom stereocenters. The van der Waals surface area contributed by atoms with E-state index in [1.54, 1.807) is 24.4 Å². The van der Waals surface area contributed by atoms with Crippen LogP contribution in [0.2, 0.25) is 0 Å². The highest BCUT2D eigenvalue weighted by atomic mass is 19.1. The molecule has 6 heteroatoms. The highest BCUT2D eigenvalue weighted by Crippen LogP contribution is 2.19. The molecule has 2 aromatic rings. The molecule has 0 spiro atoms. The molecule has 1 aromatic heterocycles. The number of aromatic nitrogens is 1. The number of halogens is 1. The summed E-state index contributed by atoms with van der Waals surface area (Å²) in [6.07, 6.45) is 3.65. The first-order valence-electron chi connectivity index (χ1n) is 7.93. The third-order valence-corrected chi connectivity index (χ3v) is 3.83. The number of carbonyl (C=O) groups is 1. The summed E-state index contributed by atoms with van der Waals surface area (Å²) in [6.45, 7) is 0.705. The molecule has 1 fully saturated rings. The number of hydrogen-bond acceptors (Lipinski definition) is 4. The number of pyridine rings is 1. The summed E-state index contributed by atoms with van der Waals surface area (Å²) in [7, 11) is 1.54. The average Bonchev–Trinajstić information content (AvgIpc) is 3.40. The molecule has 0 unspecified atom stereocenters. The number of carbonyl (C=O) groups excluding carboxylic acids is 1. The first kappa shape index (κ1) is 16.4. The van der Waals surface area contributed by atoms with Crippen LogP contribution in [0.5, 0.6) is 0 Å². The minimum absolute atomic E-state index is 0.0904. The van der Waals surface area contributed by atoms with E-state index in [9.17, 15) is 9.18 Å². The maximum atomic E-state index is 13.8. The molecule has 0 aliphatic heterocycles. The summed E-state index contributed by atoms with van der Waals surface area (Å²) in [6, 6.07) is 8.86. The summed E-state index contributed by atoms with van der Waals surface area (Å²) in [4.78, 5) is 16.1. The normalized spacial score (nSPS) is 13.6. The molecule has 1 aliphatic rings. The maximum Gasteiger partial charge on any atom is 0.253 e. The second-order valence-electron chi connectivity index (χ2n) is 5.89. The van der Waals surface area contributed by atoms with Crippen LogP contribution in [0.1, 0.15) is 34.3 Å². The van der Waals surface area contributed by atoms with Gasteiger partial charge in [-0.3, -0.25) is 4.79 Å². The van der Waals surface area contributed by atoms with Crippen LogP contribution in [0, 0.1) is 5.82 Å². The average molecular weight is 329 g/mol. The number of nitrogens with one attached hydrogen (secondary N) is 2. The maximum absolute atomic E-state index is 13.8. The fraction of sp³-hybridized carbons (Fsp3) is 0.333. The van der Waals surface area contributed by atoms with Gasteiger partial charge in [-0.25, -0.2) is 9.37 Å². The number of ether oxygens (including phenoxy) is 1. The first-order chi connectivity index (χ1) is 11.7. The lowest BCUT2D eigenvalue weighted by molar-refractivity contribution is 0.0950. The van der Waals surface area contributed by atoms with E-state index in [-0.39, 0.29) is 18.3 Å². The minimum atomic E-state index is -0.281. The van der Waals surface area contributed by atoms with Crippen LogP contribution in [0.3, 0.4) is 0 Å². The Morgan fingerprint density at radius 3 is 2.79 bits per heavy atom. The van der Waals surface area contributed by atoms with Gasteiger partial charge in [0.2, 0.25) is 0 Å². The zero-order valence-corrected chi connectivity index (χ0v) is 13.5.